The van der Waals surface area contributed by atoms with Crippen LogP contribution in [0.4, 0.5) is 0 Å². The molecule has 0 amide bonds. The maximum atomic E-state index is 12.7. The van der Waals surface area contributed by atoms with Crippen LogP contribution in [0.25, 0.3) is 16.6 Å². The Morgan fingerprint density at radius 3 is 2.38 bits per heavy atom. The Morgan fingerprint density at radius 2 is 1.52 bits per heavy atom. The van der Waals surface area contributed by atoms with Crippen molar-refractivity contribution in [2.75, 3.05) is 0 Å². The van der Waals surface area contributed by atoms with Gasteiger partial charge in [0.25, 0.3) is 0 Å². The van der Waals surface area contributed by atoms with Gasteiger partial charge in [0.1, 0.15) is 5.69 Å². The minimum atomic E-state index is -0.0509. The fourth-order valence-corrected chi connectivity index (χ4v) is 2.62. The normalized spacial score (nSPS) is 11.0. The summed E-state index contributed by atoms with van der Waals surface area (Å²) in [6.07, 6.45) is 1.96. The molecule has 0 spiro atoms. The van der Waals surface area contributed by atoms with Crippen LogP contribution in [0.15, 0.2) is 72.9 Å². The number of aromatic nitrogens is 2. The van der Waals surface area contributed by atoms with E-state index >= 15 is 0 Å². The lowest BCUT2D eigenvalue weighted by atomic mass is 10.1. The smallest absolute Gasteiger partial charge is 0.213 e. The lowest BCUT2D eigenvalue weighted by Gasteiger charge is -2.07. The second-order valence-corrected chi connectivity index (χ2v) is 4.91. The van der Waals surface area contributed by atoms with Gasteiger partial charge in [0, 0.05) is 11.8 Å². The summed E-state index contributed by atoms with van der Waals surface area (Å²) in [6, 6.07) is 21.0. The van der Waals surface area contributed by atoms with Crippen molar-refractivity contribution >= 4 is 22.3 Å². The maximum Gasteiger partial charge on any atom is 0.213 e. The summed E-state index contributed by atoms with van der Waals surface area (Å²) in [5, 5.41) is 0. The highest BCUT2D eigenvalue weighted by molar-refractivity contribution is 6.12. The molecule has 0 aliphatic heterocycles. The molecular formula is C18H12N2O. The number of hydrogen-bond acceptors (Lipinski definition) is 2. The van der Waals surface area contributed by atoms with E-state index in [1.807, 2.05) is 77.3 Å². The Labute approximate surface area is 121 Å². The van der Waals surface area contributed by atoms with Crippen LogP contribution in [0.2, 0.25) is 0 Å². The van der Waals surface area contributed by atoms with Crippen molar-refractivity contribution in [2.45, 2.75) is 0 Å². The van der Waals surface area contributed by atoms with Crippen molar-refractivity contribution < 1.29 is 4.79 Å². The van der Waals surface area contributed by atoms with E-state index in [-0.39, 0.29) is 5.78 Å². The molecule has 3 nitrogen and oxygen atoms in total. The lowest BCUT2D eigenvalue weighted by molar-refractivity contribution is 0.103. The van der Waals surface area contributed by atoms with Crippen LogP contribution in [0.3, 0.4) is 0 Å². The molecule has 0 atom stereocenters. The highest BCUT2D eigenvalue weighted by Gasteiger charge is 2.16. The number of ketones is 1. The minimum absolute atomic E-state index is 0.0509. The molecule has 2 heterocycles. The Bertz CT molecular complexity index is 955. The number of benzene rings is 2. The van der Waals surface area contributed by atoms with E-state index in [1.54, 1.807) is 0 Å². The summed E-state index contributed by atoms with van der Waals surface area (Å²) in [4.78, 5) is 17.3. The van der Waals surface area contributed by atoms with Crippen LogP contribution >= 0.6 is 0 Å². The zero-order valence-corrected chi connectivity index (χ0v) is 11.2. The van der Waals surface area contributed by atoms with Gasteiger partial charge < -0.3 is 4.40 Å². The van der Waals surface area contributed by atoms with Gasteiger partial charge in [-0.2, -0.15) is 0 Å². The van der Waals surface area contributed by atoms with Crippen LogP contribution in [0, 0.1) is 0 Å². The monoisotopic (exact) mass is 272 g/mol. The SMILES string of the molecule is O=C(c1ccccc1)c1nc2ccccc2n2cccc12. The fourth-order valence-electron chi connectivity index (χ4n) is 2.62. The second-order valence-electron chi connectivity index (χ2n) is 4.91. The first-order valence-corrected chi connectivity index (χ1v) is 6.80. The molecule has 4 aromatic rings. The molecule has 0 aliphatic carbocycles. The van der Waals surface area contributed by atoms with Gasteiger partial charge >= 0.3 is 0 Å². The second kappa shape index (κ2) is 4.56. The predicted molar refractivity (Wildman–Crippen MR) is 82.6 cm³/mol. The molecule has 0 unspecified atom stereocenters. The molecule has 0 N–H and O–H groups in total. The van der Waals surface area contributed by atoms with Gasteiger partial charge in [-0.1, -0.05) is 42.5 Å². The van der Waals surface area contributed by atoms with Crippen molar-refractivity contribution in [1.82, 2.24) is 9.38 Å². The summed E-state index contributed by atoms with van der Waals surface area (Å²) in [7, 11) is 0. The molecule has 4 rings (SSSR count). The number of carbonyl (C=O) groups is 1. The molecule has 0 aliphatic rings. The molecule has 3 heteroatoms. The highest BCUT2D eigenvalue weighted by Crippen LogP contribution is 2.21. The third-order valence-electron chi connectivity index (χ3n) is 3.62. The maximum absolute atomic E-state index is 12.7. The summed E-state index contributed by atoms with van der Waals surface area (Å²) in [5.74, 6) is -0.0509. The standard InChI is InChI=1S/C18H12N2O/c21-18(13-7-2-1-3-8-13)17-16-11-6-12-20(16)15-10-5-4-9-14(15)19-17/h1-12H. The summed E-state index contributed by atoms with van der Waals surface area (Å²) in [5.41, 5.74) is 3.80. The van der Waals surface area contributed by atoms with Gasteiger partial charge in [0.05, 0.1) is 16.6 Å². The molecule has 0 saturated heterocycles. The molecule has 2 aromatic heterocycles. The Morgan fingerprint density at radius 1 is 0.810 bits per heavy atom. The van der Waals surface area contributed by atoms with E-state index in [0.29, 0.717) is 11.3 Å². The van der Waals surface area contributed by atoms with Crippen molar-refractivity contribution in [2.24, 2.45) is 0 Å². The Hall–Kier alpha value is -2.94. The average Bonchev–Trinajstić information content (AvgIpc) is 3.04. The third kappa shape index (κ3) is 1.82. The van der Waals surface area contributed by atoms with Crippen LogP contribution in [-0.2, 0) is 0 Å². The Balaban J connectivity index is 2.03. The van der Waals surface area contributed by atoms with Gasteiger partial charge in [-0.3, -0.25) is 4.79 Å². The number of nitrogens with zero attached hydrogens (tertiary/aromatic N) is 2. The molecule has 100 valence electrons. The Kier molecular flexibility index (Phi) is 2.57. The van der Waals surface area contributed by atoms with E-state index < -0.39 is 0 Å². The lowest BCUT2D eigenvalue weighted by Crippen LogP contribution is -2.07. The van der Waals surface area contributed by atoms with E-state index in [1.165, 1.54) is 0 Å². The summed E-state index contributed by atoms with van der Waals surface area (Å²) in [6.45, 7) is 0. The van der Waals surface area contributed by atoms with Gasteiger partial charge in [-0.25, -0.2) is 4.98 Å². The topological polar surface area (TPSA) is 34.4 Å². The van der Waals surface area contributed by atoms with Crippen LogP contribution in [-0.4, -0.2) is 15.2 Å². The number of fused-ring (bicyclic) bond motifs is 3. The van der Waals surface area contributed by atoms with Crippen molar-refractivity contribution in [1.29, 1.82) is 0 Å². The molecule has 0 fully saturated rings. The first-order chi connectivity index (χ1) is 10.3. The zero-order chi connectivity index (χ0) is 14.2. The van der Waals surface area contributed by atoms with E-state index in [9.17, 15) is 4.79 Å². The molecule has 0 radical (unpaired) electrons. The first-order valence-electron chi connectivity index (χ1n) is 6.80. The van der Waals surface area contributed by atoms with Crippen LogP contribution in [0.5, 0.6) is 0 Å². The van der Waals surface area contributed by atoms with Gasteiger partial charge in [0.2, 0.25) is 5.78 Å². The van der Waals surface area contributed by atoms with Gasteiger partial charge in [0.15, 0.2) is 0 Å². The predicted octanol–water partition coefficient (Wildman–Crippen LogP) is 3.72. The van der Waals surface area contributed by atoms with Crippen molar-refractivity contribution in [3.8, 4) is 0 Å². The van der Waals surface area contributed by atoms with Crippen LogP contribution < -0.4 is 0 Å². The molecular weight excluding hydrogens is 260 g/mol. The quantitative estimate of drug-likeness (QED) is 0.521. The van der Waals surface area contributed by atoms with Crippen molar-refractivity contribution in [3.63, 3.8) is 0 Å². The fraction of sp³-hybridized carbons (Fsp3) is 0. The van der Waals surface area contributed by atoms with E-state index in [2.05, 4.69) is 4.98 Å². The van der Waals surface area contributed by atoms with E-state index in [0.717, 1.165) is 16.6 Å². The minimum Gasteiger partial charge on any atom is -0.313 e. The number of hydrogen-bond donors (Lipinski definition) is 0. The summed E-state index contributed by atoms with van der Waals surface area (Å²) < 4.78 is 2.01. The largest absolute Gasteiger partial charge is 0.313 e. The van der Waals surface area contributed by atoms with Crippen molar-refractivity contribution in [3.05, 3.63) is 84.2 Å². The first kappa shape index (κ1) is 11.9. The highest BCUT2D eigenvalue weighted by atomic mass is 16.1. The summed E-state index contributed by atoms with van der Waals surface area (Å²) >= 11 is 0. The van der Waals surface area contributed by atoms with Gasteiger partial charge in [-0.15, -0.1) is 0 Å². The molecule has 2 aromatic carbocycles. The molecule has 21 heavy (non-hydrogen) atoms. The number of para-hydroxylation sites is 2. The van der Waals surface area contributed by atoms with Gasteiger partial charge in [-0.05, 0) is 24.3 Å². The zero-order valence-electron chi connectivity index (χ0n) is 11.2. The average molecular weight is 272 g/mol. The van der Waals surface area contributed by atoms with E-state index in [4.69, 9.17) is 0 Å². The number of rotatable bonds is 2. The third-order valence-corrected chi connectivity index (χ3v) is 3.62. The van der Waals surface area contributed by atoms with Crippen LogP contribution in [0.1, 0.15) is 16.1 Å². The molecule has 0 bridgehead atoms. The number of carbonyl (C=O) groups excluding carboxylic acids is 1. The molecule has 0 saturated carbocycles.